The average molecular weight is 305 g/mol. The number of hydrogen-bond donors (Lipinski definition) is 1. The van der Waals surface area contributed by atoms with Crippen molar-refractivity contribution >= 4 is 10.0 Å². The molecular weight excluding hydrogens is 286 g/mol. The molecule has 2 rings (SSSR count). The minimum atomic E-state index is -3.44. The van der Waals surface area contributed by atoms with Gasteiger partial charge in [-0.05, 0) is 37.1 Å². The quantitative estimate of drug-likeness (QED) is 0.800. The lowest BCUT2D eigenvalue weighted by molar-refractivity contribution is 0.311. The molecule has 2 aromatic rings. The van der Waals surface area contributed by atoms with Crippen LogP contribution in [0, 0.1) is 6.92 Å². The number of rotatable bonds is 7. The largest absolute Gasteiger partial charge is 0.494 e. The van der Waals surface area contributed by atoms with E-state index >= 15 is 0 Å². The van der Waals surface area contributed by atoms with Gasteiger partial charge in [0.05, 0.1) is 11.5 Å². The number of sulfonamides is 1. The number of ether oxygens (including phenoxy) is 1. The number of hydrogen-bond acceptors (Lipinski definition) is 3. The summed E-state index contributed by atoms with van der Waals surface area (Å²) in [4.78, 5) is 0.328. The summed E-state index contributed by atoms with van der Waals surface area (Å²) in [7, 11) is -3.44. The summed E-state index contributed by atoms with van der Waals surface area (Å²) < 4.78 is 32.4. The molecule has 4 nitrogen and oxygen atoms in total. The third kappa shape index (κ3) is 4.58. The second-order valence-corrected chi connectivity index (χ2v) is 6.41. The zero-order valence-corrected chi connectivity index (χ0v) is 12.8. The highest BCUT2D eigenvalue weighted by molar-refractivity contribution is 7.89. The van der Waals surface area contributed by atoms with Crippen molar-refractivity contribution in [1.82, 2.24) is 4.72 Å². The van der Waals surface area contributed by atoms with E-state index in [0.29, 0.717) is 24.5 Å². The van der Waals surface area contributed by atoms with E-state index in [9.17, 15) is 8.42 Å². The van der Waals surface area contributed by atoms with Crippen LogP contribution in [0.1, 0.15) is 12.0 Å². The SMILES string of the molecule is Cc1ccccc1S(=O)(=O)NCCCOc1ccccc1. The average Bonchev–Trinajstić information content (AvgIpc) is 2.48. The molecule has 0 aliphatic rings. The predicted molar refractivity (Wildman–Crippen MR) is 82.9 cm³/mol. The van der Waals surface area contributed by atoms with Gasteiger partial charge in [-0.15, -0.1) is 0 Å². The first-order chi connectivity index (χ1) is 10.1. The number of benzene rings is 2. The maximum Gasteiger partial charge on any atom is 0.240 e. The van der Waals surface area contributed by atoms with Gasteiger partial charge >= 0.3 is 0 Å². The molecule has 0 aromatic heterocycles. The molecule has 0 bridgehead atoms. The fourth-order valence-electron chi connectivity index (χ4n) is 1.92. The molecule has 0 saturated carbocycles. The second kappa shape index (κ2) is 7.24. The van der Waals surface area contributed by atoms with E-state index in [0.717, 1.165) is 11.3 Å². The Hall–Kier alpha value is -1.85. The van der Waals surface area contributed by atoms with Crippen LogP contribution in [0.25, 0.3) is 0 Å². The molecule has 5 heteroatoms. The second-order valence-electron chi connectivity index (χ2n) is 4.68. The summed E-state index contributed by atoms with van der Waals surface area (Å²) in [6.07, 6.45) is 0.611. The van der Waals surface area contributed by atoms with Crippen LogP contribution >= 0.6 is 0 Å². The zero-order valence-electron chi connectivity index (χ0n) is 12.0. The van der Waals surface area contributed by atoms with Crippen LogP contribution in [0.5, 0.6) is 5.75 Å². The first-order valence-electron chi connectivity index (χ1n) is 6.83. The van der Waals surface area contributed by atoms with Crippen LogP contribution in [0.15, 0.2) is 59.5 Å². The van der Waals surface area contributed by atoms with Crippen LogP contribution < -0.4 is 9.46 Å². The van der Waals surface area contributed by atoms with Crippen molar-refractivity contribution < 1.29 is 13.2 Å². The van der Waals surface area contributed by atoms with E-state index in [2.05, 4.69) is 4.72 Å². The van der Waals surface area contributed by atoms with Gasteiger partial charge in [-0.2, -0.15) is 0 Å². The van der Waals surface area contributed by atoms with Crippen molar-refractivity contribution in [2.45, 2.75) is 18.2 Å². The highest BCUT2D eigenvalue weighted by Gasteiger charge is 2.14. The summed E-state index contributed by atoms with van der Waals surface area (Å²) in [5, 5.41) is 0. The van der Waals surface area contributed by atoms with Crippen LogP contribution in [0.2, 0.25) is 0 Å². The Morgan fingerprint density at radius 3 is 2.38 bits per heavy atom. The Bertz CT molecular complexity index is 669. The summed E-state index contributed by atoms with van der Waals surface area (Å²) in [5.41, 5.74) is 0.741. The Morgan fingerprint density at radius 1 is 1.00 bits per heavy atom. The first kappa shape index (κ1) is 15.5. The van der Waals surface area contributed by atoms with Gasteiger partial charge < -0.3 is 4.74 Å². The Labute approximate surface area is 125 Å². The molecule has 0 saturated heterocycles. The van der Waals surface area contributed by atoms with E-state index in [1.165, 1.54) is 0 Å². The molecule has 0 radical (unpaired) electrons. The molecule has 2 aromatic carbocycles. The monoisotopic (exact) mass is 305 g/mol. The molecule has 0 aliphatic heterocycles. The van der Waals surface area contributed by atoms with Crippen molar-refractivity contribution in [1.29, 1.82) is 0 Å². The summed E-state index contributed by atoms with van der Waals surface area (Å²) >= 11 is 0. The summed E-state index contributed by atoms with van der Waals surface area (Å²) in [6.45, 7) is 2.61. The van der Waals surface area contributed by atoms with Crippen LogP contribution in [0.4, 0.5) is 0 Å². The highest BCUT2D eigenvalue weighted by Crippen LogP contribution is 2.13. The normalized spacial score (nSPS) is 11.3. The minimum absolute atomic E-state index is 0.328. The molecule has 0 fully saturated rings. The zero-order chi connectivity index (χ0) is 15.1. The highest BCUT2D eigenvalue weighted by atomic mass is 32.2. The van der Waals surface area contributed by atoms with Crippen molar-refractivity contribution in [2.24, 2.45) is 0 Å². The van der Waals surface area contributed by atoms with Gasteiger partial charge in [0, 0.05) is 6.54 Å². The number of nitrogens with one attached hydrogen (secondary N) is 1. The molecular formula is C16H19NO3S. The molecule has 0 heterocycles. The van der Waals surface area contributed by atoms with Crippen LogP contribution in [-0.4, -0.2) is 21.6 Å². The molecule has 0 spiro atoms. The van der Waals surface area contributed by atoms with E-state index in [1.807, 2.05) is 36.4 Å². The van der Waals surface area contributed by atoms with Gasteiger partial charge in [-0.25, -0.2) is 13.1 Å². The fourth-order valence-corrected chi connectivity index (χ4v) is 3.24. The minimum Gasteiger partial charge on any atom is -0.494 e. The maximum atomic E-state index is 12.1. The summed E-state index contributed by atoms with van der Waals surface area (Å²) in [5.74, 6) is 0.791. The lowest BCUT2D eigenvalue weighted by Crippen LogP contribution is -2.26. The van der Waals surface area contributed by atoms with Crippen molar-refractivity contribution in [3.63, 3.8) is 0 Å². The first-order valence-corrected chi connectivity index (χ1v) is 8.31. The molecule has 112 valence electrons. The van der Waals surface area contributed by atoms with E-state index in [4.69, 9.17) is 4.74 Å². The Morgan fingerprint density at radius 2 is 1.67 bits per heavy atom. The number of aryl methyl sites for hydroxylation is 1. The molecule has 0 atom stereocenters. The predicted octanol–water partition coefficient (Wildman–Crippen LogP) is 2.74. The molecule has 0 aliphatic carbocycles. The molecule has 0 unspecified atom stereocenters. The van der Waals surface area contributed by atoms with Gasteiger partial charge in [0.1, 0.15) is 5.75 Å². The van der Waals surface area contributed by atoms with E-state index < -0.39 is 10.0 Å². The molecule has 0 amide bonds. The smallest absolute Gasteiger partial charge is 0.240 e. The van der Waals surface area contributed by atoms with Gasteiger partial charge in [0.25, 0.3) is 0 Å². The lowest BCUT2D eigenvalue weighted by atomic mass is 10.2. The van der Waals surface area contributed by atoms with Gasteiger partial charge in [-0.3, -0.25) is 0 Å². The third-order valence-corrected chi connectivity index (χ3v) is 4.63. The van der Waals surface area contributed by atoms with Gasteiger partial charge in [0.2, 0.25) is 10.0 Å². The number of para-hydroxylation sites is 1. The summed E-state index contributed by atoms with van der Waals surface area (Å²) in [6, 6.07) is 16.4. The van der Waals surface area contributed by atoms with Crippen LogP contribution in [-0.2, 0) is 10.0 Å². The van der Waals surface area contributed by atoms with E-state index in [-0.39, 0.29) is 0 Å². The Balaban J connectivity index is 1.79. The molecule has 21 heavy (non-hydrogen) atoms. The van der Waals surface area contributed by atoms with Crippen molar-refractivity contribution in [2.75, 3.05) is 13.2 Å². The standard InChI is InChI=1S/C16H19NO3S/c1-14-8-5-6-11-16(14)21(18,19)17-12-7-13-20-15-9-3-2-4-10-15/h2-6,8-11,17H,7,12-13H2,1H3. The topological polar surface area (TPSA) is 55.4 Å². The third-order valence-electron chi connectivity index (χ3n) is 3.01. The molecule has 1 N–H and O–H groups in total. The van der Waals surface area contributed by atoms with Crippen molar-refractivity contribution in [3.8, 4) is 5.75 Å². The van der Waals surface area contributed by atoms with Crippen molar-refractivity contribution in [3.05, 3.63) is 60.2 Å². The fraction of sp³-hybridized carbons (Fsp3) is 0.250. The Kier molecular flexibility index (Phi) is 5.36. The lowest BCUT2D eigenvalue weighted by Gasteiger charge is -2.09. The van der Waals surface area contributed by atoms with Gasteiger partial charge in [-0.1, -0.05) is 36.4 Å². The maximum absolute atomic E-state index is 12.1. The van der Waals surface area contributed by atoms with E-state index in [1.54, 1.807) is 25.1 Å². The van der Waals surface area contributed by atoms with Gasteiger partial charge in [0.15, 0.2) is 0 Å². The van der Waals surface area contributed by atoms with Crippen LogP contribution in [0.3, 0.4) is 0 Å².